The smallest absolute Gasteiger partial charge is 0.254 e. The fraction of sp³-hybridized carbons (Fsp3) is 0.276. The molecule has 3 aromatic rings. The topological polar surface area (TPSA) is 90.5 Å². The summed E-state index contributed by atoms with van der Waals surface area (Å²) in [5.41, 5.74) is 1.89. The third kappa shape index (κ3) is 3.92. The molecule has 39 heavy (non-hydrogen) atoms. The molecule has 3 N–H and O–H groups in total. The number of carbonyl (C=O) groups excluding carboxylic acids is 3. The van der Waals surface area contributed by atoms with E-state index in [0.29, 0.717) is 46.1 Å². The van der Waals surface area contributed by atoms with Gasteiger partial charge in [-0.2, -0.15) is 0 Å². The van der Waals surface area contributed by atoms with Gasteiger partial charge in [-0.05, 0) is 60.9 Å². The summed E-state index contributed by atoms with van der Waals surface area (Å²) in [4.78, 5) is 41.0. The van der Waals surface area contributed by atoms with E-state index in [0.717, 1.165) is 0 Å². The maximum absolute atomic E-state index is 15.7. The quantitative estimate of drug-likeness (QED) is 0.405. The van der Waals surface area contributed by atoms with E-state index in [-0.39, 0.29) is 34.3 Å². The maximum Gasteiger partial charge on any atom is 0.254 e. The van der Waals surface area contributed by atoms with Crippen LogP contribution in [-0.2, 0) is 15.1 Å². The predicted octanol–water partition coefficient (Wildman–Crippen LogP) is 5.22. The summed E-state index contributed by atoms with van der Waals surface area (Å²) >= 11 is 12.5. The van der Waals surface area contributed by atoms with Crippen molar-refractivity contribution in [3.8, 4) is 0 Å². The van der Waals surface area contributed by atoms with Gasteiger partial charge in [-0.1, -0.05) is 41.4 Å². The molecule has 0 aliphatic carbocycles. The molecule has 200 valence electrons. The number of benzene rings is 3. The van der Waals surface area contributed by atoms with Crippen LogP contribution in [0.5, 0.6) is 0 Å². The second-order valence-corrected chi connectivity index (χ2v) is 11.2. The fourth-order valence-corrected chi connectivity index (χ4v) is 6.89. The molecule has 2 saturated heterocycles. The number of carbonyl (C=O) groups is 3. The highest BCUT2D eigenvalue weighted by Crippen LogP contribution is 2.55. The SMILES string of the molecule is CC(=O)Nc1ccc(C(=O)N2CC[C@@H]3N[C@@]4(C(=O)Nc5cc(Cl)ccc54)[C@@H](c4cccc(Cl)c4F)C32)c(C)c1. The molecule has 1 spiro atoms. The first-order valence-electron chi connectivity index (χ1n) is 12.6. The number of nitrogens with one attached hydrogen (secondary N) is 3. The molecule has 3 aliphatic rings. The van der Waals surface area contributed by atoms with Crippen LogP contribution in [0.3, 0.4) is 0 Å². The van der Waals surface area contributed by atoms with Gasteiger partial charge in [-0.25, -0.2) is 4.39 Å². The monoisotopic (exact) mass is 566 g/mol. The lowest BCUT2D eigenvalue weighted by Crippen LogP contribution is -2.50. The first-order chi connectivity index (χ1) is 18.6. The standard InChI is InChI=1S/C29H25Cl2FN4O3/c1-14-12-17(33-15(2)37)7-8-18(14)27(38)36-11-10-22-26(36)24(19-4-3-5-21(31)25(19)32)29(35-22)20-9-6-16(30)13-23(20)34-28(29)39/h3-9,12-13,22,24,26,35H,10-11H2,1-2H3,(H,33,37)(H,34,39)/t22-,24-,26?,29+/m0/s1. The van der Waals surface area contributed by atoms with E-state index in [1.54, 1.807) is 60.4 Å². The third-order valence-corrected chi connectivity index (χ3v) is 8.57. The highest BCUT2D eigenvalue weighted by Gasteiger charge is 2.65. The van der Waals surface area contributed by atoms with Crippen molar-refractivity contribution in [2.24, 2.45) is 0 Å². The van der Waals surface area contributed by atoms with E-state index in [1.165, 1.54) is 13.0 Å². The number of halogens is 3. The minimum atomic E-state index is -1.33. The number of rotatable bonds is 3. The summed E-state index contributed by atoms with van der Waals surface area (Å²) in [6.45, 7) is 3.65. The third-order valence-electron chi connectivity index (χ3n) is 8.04. The Balaban J connectivity index is 1.48. The Morgan fingerprint density at radius 1 is 1.13 bits per heavy atom. The molecule has 6 rings (SSSR count). The minimum absolute atomic E-state index is 0.0545. The molecule has 7 nitrogen and oxygen atoms in total. The molecule has 2 fully saturated rings. The second kappa shape index (κ2) is 9.33. The van der Waals surface area contributed by atoms with Gasteiger partial charge in [0.25, 0.3) is 5.91 Å². The number of amides is 3. The molecule has 4 atom stereocenters. The van der Waals surface area contributed by atoms with Crippen molar-refractivity contribution in [3.63, 3.8) is 0 Å². The van der Waals surface area contributed by atoms with Crippen molar-refractivity contribution in [2.75, 3.05) is 17.2 Å². The van der Waals surface area contributed by atoms with Crippen LogP contribution in [0.4, 0.5) is 15.8 Å². The van der Waals surface area contributed by atoms with Crippen molar-refractivity contribution < 1.29 is 18.8 Å². The zero-order valence-electron chi connectivity index (χ0n) is 21.1. The molecule has 0 saturated carbocycles. The van der Waals surface area contributed by atoms with Crippen LogP contribution in [0.1, 0.15) is 46.3 Å². The van der Waals surface area contributed by atoms with E-state index in [2.05, 4.69) is 16.0 Å². The number of anilines is 2. The molecular formula is C29H25Cl2FN4O3. The number of aryl methyl sites for hydroxylation is 1. The summed E-state index contributed by atoms with van der Waals surface area (Å²) in [6, 6.07) is 14.2. The Labute approximate surface area is 234 Å². The number of likely N-dealkylation sites (tertiary alicyclic amines) is 1. The molecule has 0 radical (unpaired) electrons. The van der Waals surface area contributed by atoms with Gasteiger partial charge >= 0.3 is 0 Å². The minimum Gasteiger partial charge on any atom is -0.333 e. The number of fused-ring (bicyclic) bond motifs is 3. The largest absolute Gasteiger partial charge is 0.333 e. The van der Waals surface area contributed by atoms with Crippen LogP contribution in [0, 0.1) is 12.7 Å². The number of hydrogen-bond acceptors (Lipinski definition) is 4. The Bertz CT molecular complexity index is 1560. The molecule has 0 bridgehead atoms. The Kier molecular flexibility index (Phi) is 6.17. The van der Waals surface area contributed by atoms with Gasteiger partial charge in [-0.3, -0.25) is 19.7 Å². The highest BCUT2D eigenvalue weighted by atomic mass is 35.5. The van der Waals surface area contributed by atoms with Gasteiger partial charge in [-0.15, -0.1) is 0 Å². The second-order valence-electron chi connectivity index (χ2n) is 10.3. The van der Waals surface area contributed by atoms with Crippen LogP contribution in [0.2, 0.25) is 10.0 Å². The van der Waals surface area contributed by atoms with Gasteiger partial charge in [0.15, 0.2) is 0 Å². The lowest BCUT2D eigenvalue weighted by Gasteiger charge is -2.36. The summed E-state index contributed by atoms with van der Waals surface area (Å²) < 4.78 is 15.7. The molecule has 3 amide bonds. The van der Waals surface area contributed by atoms with Crippen molar-refractivity contribution in [2.45, 2.75) is 43.8 Å². The zero-order chi connectivity index (χ0) is 27.6. The van der Waals surface area contributed by atoms with Crippen LogP contribution >= 0.6 is 23.2 Å². The maximum atomic E-state index is 15.7. The molecule has 1 unspecified atom stereocenters. The van der Waals surface area contributed by atoms with Crippen LogP contribution < -0.4 is 16.0 Å². The fourth-order valence-electron chi connectivity index (χ4n) is 6.54. The van der Waals surface area contributed by atoms with Crippen molar-refractivity contribution in [3.05, 3.63) is 92.7 Å². The number of nitrogens with zero attached hydrogens (tertiary/aromatic N) is 1. The van der Waals surface area contributed by atoms with Gasteiger partial charge in [0.2, 0.25) is 11.8 Å². The van der Waals surface area contributed by atoms with Gasteiger partial charge < -0.3 is 15.5 Å². The van der Waals surface area contributed by atoms with Gasteiger partial charge in [0.1, 0.15) is 11.4 Å². The lowest BCUT2D eigenvalue weighted by molar-refractivity contribution is -0.122. The molecule has 10 heteroatoms. The Hall–Kier alpha value is -3.46. The van der Waals surface area contributed by atoms with E-state index in [1.807, 2.05) is 0 Å². The van der Waals surface area contributed by atoms with Crippen molar-refractivity contribution in [1.29, 1.82) is 0 Å². The van der Waals surface area contributed by atoms with Crippen LogP contribution in [0.25, 0.3) is 0 Å². The van der Waals surface area contributed by atoms with Gasteiger partial charge in [0, 0.05) is 53.0 Å². The molecule has 3 aromatic carbocycles. The van der Waals surface area contributed by atoms with Crippen molar-refractivity contribution in [1.82, 2.24) is 10.2 Å². The Morgan fingerprint density at radius 3 is 2.67 bits per heavy atom. The summed E-state index contributed by atoms with van der Waals surface area (Å²) in [5.74, 6) is -2.15. The van der Waals surface area contributed by atoms with E-state index in [4.69, 9.17) is 23.2 Å². The number of hydrogen-bond donors (Lipinski definition) is 3. The van der Waals surface area contributed by atoms with Crippen LogP contribution in [-0.4, -0.2) is 41.2 Å². The molecule has 3 heterocycles. The first kappa shape index (κ1) is 25.8. The lowest BCUT2D eigenvalue weighted by atomic mass is 9.74. The Morgan fingerprint density at radius 2 is 1.92 bits per heavy atom. The van der Waals surface area contributed by atoms with E-state index >= 15 is 4.39 Å². The van der Waals surface area contributed by atoms with Gasteiger partial charge in [0.05, 0.1) is 11.1 Å². The first-order valence-corrected chi connectivity index (χ1v) is 13.4. The molecule has 0 aromatic heterocycles. The molecule has 3 aliphatic heterocycles. The highest BCUT2D eigenvalue weighted by molar-refractivity contribution is 6.31. The average Bonchev–Trinajstić information content (AvgIpc) is 3.51. The summed E-state index contributed by atoms with van der Waals surface area (Å²) in [6.07, 6.45) is 0.579. The molecular weight excluding hydrogens is 542 g/mol. The van der Waals surface area contributed by atoms with E-state index < -0.39 is 23.3 Å². The zero-order valence-corrected chi connectivity index (χ0v) is 22.7. The predicted molar refractivity (Wildman–Crippen MR) is 148 cm³/mol. The summed E-state index contributed by atoms with van der Waals surface area (Å²) in [5, 5.41) is 9.58. The van der Waals surface area contributed by atoms with Crippen LogP contribution in [0.15, 0.2) is 54.6 Å². The van der Waals surface area contributed by atoms with Crippen molar-refractivity contribution >= 4 is 52.3 Å². The average molecular weight is 567 g/mol. The summed E-state index contributed by atoms with van der Waals surface area (Å²) in [7, 11) is 0. The normalized spacial score (nSPS) is 25.0. The van der Waals surface area contributed by atoms with E-state index in [9.17, 15) is 14.4 Å².